The van der Waals surface area contributed by atoms with E-state index in [1.54, 1.807) is 0 Å². The maximum absolute atomic E-state index is 9.95. The predicted octanol–water partition coefficient (Wildman–Crippen LogP) is -2.36. The summed E-state index contributed by atoms with van der Waals surface area (Å²) in [5.41, 5.74) is 6.44. The van der Waals surface area contributed by atoms with Gasteiger partial charge in [0.05, 0.1) is 12.9 Å². The van der Waals surface area contributed by atoms with Crippen molar-refractivity contribution in [3.05, 3.63) is 12.7 Å². The van der Waals surface area contributed by atoms with E-state index in [1.807, 2.05) is 0 Å². The van der Waals surface area contributed by atoms with Crippen LogP contribution in [0.3, 0.4) is 0 Å². The topological polar surface area (TPSA) is 140 Å². The van der Waals surface area contributed by atoms with Gasteiger partial charge in [0.2, 0.25) is 0 Å². The number of aliphatic hydroxyl groups is 3. The van der Waals surface area contributed by atoms with Crippen molar-refractivity contribution in [1.82, 2.24) is 19.5 Å². The van der Waals surface area contributed by atoms with E-state index in [1.165, 1.54) is 17.2 Å². The Bertz CT molecular complexity index is 608. The summed E-state index contributed by atoms with van der Waals surface area (Å²) in [6, 6.07) is 0. The molecule has 4 radical (unpaired) electrons. The van der Waals surface area contributed by atoms with E-state index in [-0.39, 0.29) is 29.7 Å². The Labute approximate surface area is 130 Å². The molecule has 0 bridgehead atoms. The molecule has 2 aromatic rings. The van der Waals surface area contributed by atoms with Gasteiger partial charge < -0.3 is 25.8 Å². The molecular formula is C10H13N5O4Sn. The van der Waals surface area contributed by atoms with Gasteiger partial charge in [0.1, 0.15) is 30.2 Å². The third kappa shape index (κ3) is 2.24. The SMILES string of the molecule is Nc1ncnc2c1ncn2C1OC(CO)C(O)C1O.[Sn]. The van der Waals surface area contributed by atoms with Gasteiger partial charge in [0.25, 0.3) is 0 Å². The molecule has 106 valence electrons. The van der Waals surface area contributed by atoms with Crippen LogP contribution >= 0.6 is 0 Å². The molecule has 2 aromatic heterocycles. The summed E-state index contributed by atoms with van der Waals surface area (Å²) < 4.78 is 6.85. The van der Waals surface area contributed by atoms with Crippen molar-refractivity contribution in [1.29, 1.82) is 0 Å². The monoisotopic (exact) mass is 387 g/mol. The number of anilines is 1. The molecule has 10 heteroatoms. The molecule has 1 aliphatic heterocycles. The number of nitrogens with two attached hydrogens (primary N) is 1. The number of hydrogen-bond acceptors (Lipinski definition) is 8. The maximum atomic E-state index is 9.95. The Kier molecular flexibility index (Phi) is 4.44. The van der Waals surface area contributed by atoms with Gasteiger partial charge in [-0.25, -0.2) is 15.0 Å². The van der Waals surface area contributed by atoms with Gasteiger partial charge in [0, 0.05) is 23.9 Å². The van der Waals surface area contributed by atoms with E-state index in [4.69, 9.17) is 15.6 Å². The minimum atomic E-state index is -1.19. The Morgan fingerprint density at radius 3 is 2.65 bits per heavy atom. The Morgan fingerprint density at radius 1 is 1.25 bits per heavy atom. The molecule has 3 heterocycles. The molecule has 1 fully saturated rings. The van der Waals surface area contributed by atoms with Crippen LogP contribution in [0.25, 0.3) is 11.2 Å². The molecule has 20 heavy (non-hydrogen) atoms. The second-order valence-electron chi connectivity index (χ2n) is 4.31. The summed E-state index contributed by atoms with van der Waals surface area (Å²) in [5.74, 6) is 0.218. The minimum Gasteiger partial charge on any atom is -0.394 e. The first-order valence-electron chi connectivity index (χ1n) is 5.69. The van der Waals surface area contributed by atoms with Gasteiger partial charge in [-0.05, 0) is 0 Å². The van der Waals surface area contributed by atoms with Crippen molar-refractivity contribution in [2.24, 2.45) is 0 Å². The third-order valence-corrected chi connectivity index (χ3v) is 3.18. The van der Waals surface area contributed by atoms with E-state index < -0.39 is 31.1 Å². The fraction of sp³-hybridized carbons (Fsp3) is 0.500. The summed E-state index contributed by atoms with van der Waals surface area (Å²) in [6.45, 7) is -0.390. The van der Waals surface area contributed by atoms with Crippen LogP contribution in [0.15, 0.2) is 12.7 Å². The van der Waals surface area contributed by atoms with Crippen molar-refractivity contribution >= 4 is 40.9 Å². The van der Waals surface area contributed by atoms with E-state index in [0.717, 1.165) is 0 Å². The molecule has 0 aromatic carbocycles. The Hall–Kier alpha value is -1.01. The third-order valence-electron chi connectivity index (χ3n) is 3.18. The van der Waals surface area contributed by atoms with Crippen molar-refractivity contribution in [3.8, 4) is 0 Å². The van der Waals surface area contributed by atoms with Gasteiger partial charge in [-0.1, -0.05) is 0 Å². The smallest absolute Gasteiger partial charge is 0.167 e. The number of nitrogens with zero attached hydrogens (tertiary/aromatic N) is 4. The molecule has 4 atom stereocenters. The molecule has 0 spiro atoms. The van der Waals surface area contributed by atoms with Crippen LogP contribution in [0.1, 0.15) is 6.23 Å². The van der Waals surface area contributed by atoms with Crippen LogP contribution in [0.4, 0.5) is 5.82 Å². The predicted molar refractivity (Wildman–Crippen MR) is 68.5 cm³/mol. The van der Waals surface area contributed by atoms with Crippen molar-refractivity contribution in [3.63, 3.8) is 0 Å². The normalized spacial score (nSPS) is 29.6. The number of aliphatic hydroxyl groups excluding tert-OH is 3. The van der Waals surface area contributed by atoms with Crippen LogP contribution in [-0.4, -0.2) is 83.7 Å². The first-order chi connectivity index (χ1) is 9.13. The molecule has 4 unspecified atom stereocenters. The number of ether oxygens (including phenoxy) is 1. The van der Waals surface area contributed by atoms with Crippen LogP contribution in [0, 0.1) is 0 Å². The molecular weight excluding hydrogens is 373 g/mol. The van der Waals surface area contributed by atoms with Crippen molar-refractivity contribution in [2.45, 2.75) is 24.5 Å². The van der Waals surface area contributed by atoms with Gasteiger partial charge in [0.15, 0.2) is 17.7 Å². The fourth-order valence-electron chi connectivity index (χ4n) is 2.17. The second kappa shape index (κ2) is 5.77. The molecule has 5 N–H and O–H groups in total. The first kappa shape index (κ1) is 15.4. The zero-order valence-electron chi connectivity index (χ0n) is 10.3. The summed E-state index contributed by atoms with van der Waals surface area (Å²) in [4.78, 5) is 11.9. The summed E-state index contributed by atoms with van der Waals surface area (Å²) >= 11 is 0. The quantitative estimate of drug-likeness (QED) is 0.421. The number of nitrogen functional groups attached to an aromatic ring is 1. The second-order valence-corrected chi connectivity index (χ2v) is 4.31. The number of hydrogen-bond donors (Lipinski definition) is 4. The zero-order chi connectivity index (χ0) is 13.6. The standard InChI is InChI=1S/C10H13N5O4.Sn/c11-8-5-9(13-2-12-8)15(3-14-5)10-7(18)6(17)4(1-16)19-10;/h2-4,6-7,10,16-18H,1H2,(H2,11,12,13);. The van der Waals surface area contributed by atoms with Gasteiger partial charge in [-0.15, -0.1) is 0 Å². The number of fused-ring (bicyclic) bond motifs is 1. The number of aromatic nitrogens is 4. The first-order valence-corrected chi connectivity index (χ1v) is 5.69. The maximum Gasteiger partial charge on any atom is 0.167 e. The van der Waals surface area contributed by atoms with E-state index in [9.17, 15) is 10.2 Å². The number of imidazole rings is 1. The molecule has 1 saturated heterocycles. The van der Waals surface area contributed by atoms with Gasteiger partial charge >= 0.3 is 0 Å². The average molecular weight is 386 g/mol. The van der Waals surface area contributed by atoms with Crippen LogP contribution in [0.5, 0.6) is 0 Å². The Balaban J connectivity index is 0.00000147. The average Bonchev–Trinajstić information content (AvgIpc) is 2.94. The van der Waals surface area contributed by atoms with Gasteiger partial charge in [-0.3, -0.25) is 4.57 Å². The van der Waals surface area contributed by atoms with Crippen LogP contribution in [-0.2, 0) is 4.74 Å². The molecule has 0 saturated carbocycles. The fourth-order valence-corrected chi connectivity index (χ4v) is 2.17. The molecule has 0 aliphatic carbocycles. The van der Waals surface area contributed by atoms with Crippen LogP contribution in [0.2, 0.25) is 0 Å². The van der Waals surface area contributed by atoms with E-state index in [0.29, 0.717) is 11.2 Å². The summed E-state index contributed by atoms with van der Waals surface area (Å²) in [7, 11) is 0. The molecule has 1 aliphatic rings. The number of rotatable bonds is 2. The van der Waals surface area contributed by atoms with Crippen molar-refractivity contribution < 1.29 is 20.1 Å². The zero-order valence-corrected chi connectivity index (χ0v) is 13.1. The van der Waals surface area contributed by atoms with Gasteiger partial charge in [-0.2, -0.15) is 0 Å². The van der Waals surface area contributed by atoms with Crippen molar-refractivity contribution in [2.75, 3.05) is 12.3 Å². The Morgan fingerprint density at radius 2 is 2.00 bits per heavy atom. The molecule has 9 nitrogen and oxygen atoms in total. The minimum absolute atomic E-state index is 0. The summed E-state index contributed by atoms with van der Waals surface area (Å²) in [5, 5.41) is 28.7. The van der Waals surface area contributed by atoms with E-state index >= 15 is 0 Å². The van der Waals surface area contributed by atoms with Crippen LogP contribution < -0.4 is 5.73 Å². The largest absolute Gasteiger partial charge is 0.394 e. The van der Waals surface area contributed by atoms with E-state index in [2.05, 4.69) is 15.0 Å². The molecule has 3 rings (SSSR count). The summed E-state index contributed by atoms with van der Waals surface area (Å²) in [6.07, 6.45) is -1.42. The molecule has 0 amide bonds.